The van der Waals surface area contributed by atoms with Gasteiger partial charge >= 0.3 is 0 Å². The number of hydrogen-bond donors (Lipinski definition) is 1. The van der Waals surface area contributed by atoms with Crippen LogP contribution < -0.4 is 10.4 Å². The highest BCUT2D eigenvalue weighted by Gasteiger charge is 2.41. The van der Waals surface area contributed by atoms with Gasteiger partial charge in [0.15, 0.2) is 0 Å². The van der Waals surface area contributed by atoms with Crippen molar-refractivity contribution in [1.82, 2.24) is 5.43 Å². The lowest BCUT2D eigenvalue weighted by atomic mass is 9.95. The number of aryl methyl sites for hydroxylation is 1. The van der Waals surface area contributed by atoms with Gasteiger partial charge in [-0.25, -0.2) is 0 Å². The molecule has 3 nitrogen and oxygen atoms in total. The van der Waals surface area contributed by atoms with Crippen molar-refractivity contribution in [3.63, 3.8) is 0 Å². The second kappa shape index (κ2) is 4.48. The predicted molar refractivity (Wildman–Crippen MR) is 74.3 cm³/mol. The van der Waals surface area contributed by atoms with Crippen molar-refractivity contribution in [2.45, 2.75) is 39.2 Å². The zero-order valence-corrected chi connectivity index (χ0v) is 11.3. The Kier molecular flexibility index (Phi) is 3.16. The third-order valence-electron chi connectivity index (χ3n) is 3.49. The maximum atomic E-state index is 11.7. The van der Waals surface area contributed by atoms with Crippen molar-refractivity contribution in [3.05, 3.63) is 42.0 Å². The summed E-state index contributed by atoms with van der Waals surface area (Å²) in [6.45, 7) is 10.0. The Hall–Kier alpha value is -1.77. The van der Waals surface area contributed by atoms with Gasteiger partial charge in [0.2, 0.25) is 0 Å². The highest BCUT2D eigenvalue weighted by Crippen LogP contribution is 2.32. The van der Waals surface area contributed by atoms with Crippen LogP contribution in [0, 0.1) is 0 Å². The Balaban J connectivity index is 2.34. The molecular weight excluding hydrogens is 224 g/mol. The summed E-state index contributed by atoms with van der Waals surface area (Å²) in [6, 6.07) is 8.29. The molecule has 0 unspecified atom stereocenters. The van der Waals surface area contributed by atoms with E-state index < -0.39 is 0 Å². The lowest BCUT2D eigenvalue weighted by Gasteiger charge is -2.32. The van der Waals surface area contributed by atoms with E-state index in [0.29, 0.717) is 5.57 Å². The van der Waals surface area contributed by atoms with Gasteiger partial charge in [0.1, 0.15) is 0 Å². The van der Waals surface area contributed by atoms with Gasteiger partial charge in [-0.3, -0.25) is 15.2 Å². The number of carbonyl (C=O) groups is 1. The van der Waals surface area contributed by atoms with E-state index in [1.807, 2.05) is 31.0 Å². The molecule has 1 aromatic carbocycles. The Morgan fingerprint density at radius 1 is 1.39 bits per heavy atom. The van der Waals surface area contributed by atoms with E-state index in [9.17, 15) is 4.79 Å². The fourth-order valence-corrected chi connectivity index (χ4v) is 2.25. The molecule has 0 aromatic heterocycles. The van der Waals surface area contributed by atoms with Gasteiger partial charge in [0, 0.05) is 5.57 Å². The van der Waals surface area contributed by atoms with E-state index in [1.54, 1.807) is 0 Å². The zero-order valence-electron chi connectivity index (χ0n) is 11.3. The van der Waals surface area contributed by atoms with E-state index in [4.69, 9.17) is 0 Å². The number of amides is 1. The third kappa shape index (κ3) is 2.01. The van der Waals surface area contributed by atoms with Crippen LogP contribution in [-0.4, -0.2) is 11.4 Å². The number of hydrogen-bond acceptors (Lipinski definition) is 2. The standard InChI is InChI=1S/C15H20N2O/c1-5-7-12-8-6-9-13(10-12)17-15(3,4)11(2)14(18)16-17/h6,8-10H,2,5,7H2,1,3-4H3,(H,16,18). The summed E-state index contributed by atoms with van der Waals surface area (Å²) in [6.07, 6.45) is 2.17. The highest BCUT2D eigenvalue weighted by molar-refractivity contribution is 6.00. The lowest BCUT2D eigenvalue weighted by Crippen LogP contribution is -2.44. The van der Waals surface area contributed by atoms with Crippen LogP contribution in [0.3, 0.4) is 0 Å². The summed E-state index contributed by atoms with van der Waals surface area (Å²) in [5.74, 6) is -0.0964. The summed E-state index contributed by atoms with van der Waals surface area (Å²) in [5, 5.41) is 1.90. The molecule has 0 bridgehead atoms. The highest BCUT2D eigenvalue weighted by atomic mass is 16.2. The van der Waals surface area contributed by atoms with E-state index in [2.05, 4.69) is 31.1 Å². The van der Waals surface area contributed by atoms with Crippen LogP contribution in [0.15, 0.2) is 36.4 Å². The molecule has 0 spiro atoms. The smallest absolute Gasteiger partial charge is 0.267 e. The van der Waals surface area contributed by atoms with E-state index in [1.165, 1.54) is 5.56 Å². The van der Waals surface area contributed by atoms with Gasteiger partial charge in [-0.05, 0) is 38.0 Å². The maximum Gasteiger partial charge on any atom is 0.267 e. The minimum Gasteiger partial charge on any atom is -0.275 e. The van der Waals surface area contributed by atoms with Crippen LogP contribution in [0.4, 0.5) is 5.69 Å². The van der Waals surface area contributed by atoms with E-state index in [-0.39, 0.29) is 11.4 Å². The predicted octanol–water partition coefficient (Wildman–Crippen LogP) is 2.83. The fraction of sp³-hybridized carbons (Fsp3) is 0.400. The minimum atomic E-state index is -0.387. The molecule has 1 saturated heterocycles. The maximum absolute atomic E-state index is 11.7. The molecule has 1 heterocycles. The van der Waals surface area contributed by atoms with Crippen molar-refractivity contribution < 1.29 is 4.79 Å². The molecular formula is C15H20N2O. The molecule has 18 heavy (non-hydrogen) atoms. The summed E-state index contributed by atoms with van der Waals surface area (Å²) in [5.41, 5.74) is 5.39. The normalized spacial score (nSPS) is 18.1. The first-order valence-corrected chi connectivity index (χ1v) is 6.36. The number of nitrogens with zero attached hydrogens (tertiary/aromatic N) is 1. The Morgan fingerprint density at radius 3 is 2.67 bits per heavy atom. The first-order chi connectivity index (χ1) is 8.46. The third-order valence-corrected chi connectivity index (χ3v) is 3.49. The molecule has 1 aromatic rings. The molecule has 0 atom stereocenters. The first-order valence-electron chi connectivity index (χ1n) is 6.36. The minimum absolute atomic E-state index is 0.0964. The number of rotatable bonds is 3. The quantitative estimate of drug-likeness (QED) is 0.829. The topological polar surface area (TPSA) is 32.3 Å². The van der Waals surface area contributed by atoms with Crippen LogP contribution in [0.5, 0.6) is 0 Å². The van der Waals surface area contributed by atoms with Crippen LogP contribution in [0.2, 0.25) is 0 Å². The molecule has 1 N–H and O–H groups in total. The zero-order chi connectivity index (χ0) is 13.3. The van der Waals surface area contributed by atoms with Gasteiger partial charge in [-0.2, -0.15) is 0 Å². The van der Waals surface area contributed by atoms with Gasteiger partial charge < -0.3 is 0 Å². The molecule has 0 radical (unpaired) electrons. The Labute approximate surface area is 108 Å². The van der Waals surface area contributed by atoms with Crippen LogP contribution >= 0.6 is 0 Å². The Morgan fingerprint density at radius 2 is 2.11 bits per heavy atom. The molecule has 3 heteroatoms. The number of anilines is 1. The van der Waals surface area contributed by atoms with Crippen molar-refractivity contribution in [1.29, 1.82) is 0 Å². The molecule has 1 fully saturated rings. The van der Waals surface area contributed by atoms with Crippen LogP contribution in [-0.2, 0) is 11.2 Å². The van der Waals surface area contributed by atoms with Gasteiger partial charge in [0.25, 0.3) is 5.91 Å². The van der Waals surface area contributed by atoms with E-state index in [0.717, 1.165) is 18.5 Å². The number of benzene rings is 1. The lowest BCUT2D eigenvalue weighted by molar-refractivity contribution is -0.116. The SMILES string of the molecule is C=C1C(=O)NN(c2cccc(CCC)c2)C1(C)C. The van der Waals surface area contributed by atoms with Crippen LogP contribution in [0.1, 0.15) is 32.8 Å². The summed E-state index contributed by atoms with van der Waals surface area (Å²) >= 11 is 0. The second-order valence-corrected chi connectivity index (χ2v) is 5.23. The Bertz CT molecular complexity index is 491. The molecule has 96 valence electrons. The molecule has 1 amide bonds. The largest absolute Gasteiger partial charge is 0.275 e. The van der Waals surface area contributed by atoms with Gasteiger partial charge in [-0.1, -0.05) is 32.1 Å². The molecule has 1 aliphatic heterocycles. The molecule has 1 aliphatic rings. The fourth-order valence-electron chi connectivity index (χ4n) is 2.25. The average Bonchev–Trinajstić information content (AvgIpc) is 2.54. The molecule has 2 rings (SSSR count). The average molecular weight is 244 g/mol. The molecule has 0 aliphatic carbocycles. The second-order valence-electron chi connectivity index (χ2n) is 5.23. The van der Waals surface area contributed by atoms with E-state index >= 15 is 0 Å². The van der Waals surface area contributed by atoms with Crippen molar-refractivity contribution in [2.75, 3.05) is 5.01 Å². The monoisotopic (exact) mass is 244 g/mol. The summed E-state index contributed by atoms with van der Waals surface area (Å²) in [7, 11) is 0. The summed E-state index contributed by atoms with van der Waals surface area (Å²) in [4.78, 5) is 11.7. The summed E-state index contributed by atoms with van der Waals surface area (Å²) < 4.78 is 0. The van der Waals surface area contributed by atoms with Crippen molar-refractivity contribution in [2.24, 2.45) is 0 Å². The number of nitrogens with one attached hydrogen (secondary N) is 1. The van der Waals surface area contributed by atoms with Crippen LogP contribution in [0.25, 0.3) is 0 Å². The van der Waals surface area contributed by atoms with Gasteiger partial charge in [0.05, 0.1) is 11.2 Å². The first kappa shape index (κ1) is 12.7. The number of carbonyl (C=O) groups excluding carboxylic acids is 1. The van der Waals surface area contributed by atoms with Crippen molar-refractivity contribution >= 4 is 11.6 Å². The molecule has 0 saturated carbocycles. The van der Waals surface area contributed by atoms with Crippen molar-refractivity contribution in [3.8, 4) is 0 Å². The van der Waals surface area contributed by atoms with Gasteiger partial charge in [-0.15, -0.1) is 0 Å². The number of hydrazine groups is 1.